The Hall–Kier alpha value is -1.51. The molecular formula is C18H23ClN2. The van der Waals surface area contributed by atoms with Gasteiger partial charge in [0.2, 0.25) is 0 Å². The molecule has 3 heteroatoms. The van der Waals surface area contributed by atoms with Crippen LogP contribution < -0.4 is 10.2 Å². The third kappa shape index (κ3) is 4.23. The zero-order chi connectivity index (χ0) is 15.4. The van der Waals surface area contributed by atoms with Crippen LogP contribution in [0.1, 0.15) is 37.1 Å². The van der Waals surface area contributed by atoms with Crippen molar-refractivity contribution in [2.45, 2.75) is 25.9 Å². The lowest BCUT2D eigenvalue weighted by molar-refractivity contribution is 0.495. The van der Waals surface area contributed by atoms with Gasteiger partial charge in [0.25, 0.3) is 0 Å². The fourth-order valence-electron chi connectivity index (χ4n) is 2.38. The predicted molar refractivity (Wildman–Crippen MR) is 92.2 cm³/mol. The topological polar surface area (TPSA) is 15.3 Å². The van der Waals surface area contributed by atoms with Crippen molar-refractivity contribution in [3.8, 4) is 0 Å². The highest BCUT2D eigenvalue weighted by molar-refractivity contribution is 6.30. The van der Waals surface area contributed by atoms with E-state index in [1.54, 1.807) is 0 Å². The van der Waals surface area contributed by atoms with E-state index in [1.165, 1.54) is 16.8 Å². The maximum absolute atomic E-state index is 5.93. The number of hydrogen-bond acceptors (Lipinski definition) is 2. The average molecular weight is 303 g/mol. The number of nitrogens with zero attached hydrogens (tertiary/aromatic N) is 1. The molecular weight excluding hydrogens is 280 g/mol. The molecule has 0 spiro atoms. The molecule has 0 aliphatic heterocycles. The van der Waals surface area contributed by atoms with Gasteiger partial charge in [0.05, 0.1) is 0 Å². The Balaban J connectivity index is 2.03. The molecule has 21 heavy (non-hydrogen) atoms. The number of halogens is 1. The number of anilines is 1. The van der Waals surface area contributed by atoms with Crippen molar-refractivity contribution in [2.75, 3.05) is 19.0 Å². The van der Waals surface area contributed by atoms with Gasteiger partial charge in [-0.05, 0) is 49.2 Å². The summed E-state index contributed by atoms with van der Waals surface area (Å²) in [6, 6.07) is 17.3. The number of rotatable bonds is 5. The summed E-state index contributed by atoms with van der Waals surface area (Å²) < 4.78 is 0. The molecule has 0 fully saturated rings. The maximum atomic E-state index is 5.93. The molecule has 0 aliphatic rings. The van der Waals surface area contributed by atoms with E-state index in [0.29, 0.717) is 6.04 Å². The van der Waals surface area contributed by atoms with Gasteiger partial charge in [0.15, 0.2) is 0 Å². The van der Waals surface area contributed by atoms with Gasteiger partial charge in [-0.15, -0.1) is 0 Å². The van der Waals surface area contributed by atoms with E-state index in [-0.39, 0.29) is 6.04 Å². The molecule has 0 amide bonds. The molecule has 0 heterocycles. The Morgan fingerprint density at radius 2 is 1.24 bits per heavy atom. The lowest BCUT2D eigenvalue weighted by Gasteiger charge is -2.21. The van der Waals surface area contributed by atoms with Crippen molar-refractivity contribution in [1.82, 2.24) is 5.32 Å². The van der Waals surface area contributed by atoms with Crippen LogP contribution in [0.2, 0.25) is 5.02 Å². The normalized spacial score (nSPS) is 13.8. The molecule has 2 aromatic carbocycles. The molecule has 2 aromatic rings. The minimum atomic E-state index is 0.283. The van der Waals surface area contributed by atoms with Crippen LogP contribution in [-0.4, -0.2) is 14.1 Å². The summed E-state index contributed by atoms with van der Waals surface area (Å²) in [4.78, 5) is 2.11. The van der Waals surface area contributed by atoms with Crippen molar-refractivity contribution in [3.05, 3.63) is 64.7 Å². The first-order valence-electron chi connectivity index (χ1n) is 7.26. The molecule has 2 rings (SSSR count). The van der Waals surface area contributed by atoms with Crippen molar-refractivity contribution >= 4 is 17.3 Å². The van der Waals surface area contributed by atoms with Crippen LogP contribution in [0.3, 0.4) is 0 Å². The van der Waals surface area contributed by atoms with Gasteiger partial charge in [-0.3, -0.25) is 0 Å². The highest BCUT2D eigenvalue weighted by atomic mass is 35.5. The molecule has 0 aliphatic carbocycles. The van der Waals surface area contributed by atoms with Crippen LogP contribution in [0.4, 0.5) is 5.69 Å². The van der Waals surface area contributed by atoms with Gasteiger partial charge in [0, 0.05) is 36.9 Å². The van der Waals surface area contributed by atoms with Crippen LogP contribution in [0.25, 0.3) is 0 Å². The van der Waals surface area contributed by atoms with Gasteiger partial charge in [0.1, 0.15) is 0 Å². The van der Waals surface area contributed by atoms with Gasteiger partial charge in [-0.25, -0.2) is 0 Å². The molecule has 1 N–H and O–H groups in total. The van der Waals surface area contributed by atoms with E-state index in [2.05, 4.69) is 74.6 Å². The first-order valence-corrected chi connectivity index (χ1v) is 7.64. The summed E-state index contributed by atoms with van der Waals surface area (Å²) in [5, 5.41) is 4.40. The van der Waals surface area contributed by atoms with Crippen LogP contribution in [0, 0.1) is 0 Å². The molecule has 2 atom stereocenters. The standard InChI is InChI=1S/C18H23ClN2/c1-13(15-5-9-17(19)10-6-15)20-14(2)16-7-11-18(12-8-16)21(3)4/h5-14,20H,1-4H3/t13-,14?/m1/s1. The fraction of sp³-hybridized carbons (Fsp3) is 0.333. The monoisotopic (exact) mass is 302 g/mol. The summed E-state index contributed by atoms with van der Waals surface area (Å²) >= 11 is 5.93. The Bertz CT molecular complexity index is 561. The highest BCUT2D eigenvalue weighted by Crippen LogP contribution is 2.22. The van der Waals surface area contributed by atoms with Crippen molar-refractivity contribution in [3.63, 3.8) is 0 Å². The Labute approximate surface area is 132 Å². The fourth-order valence-corrected chi connectivity index (χ4v) is 2.51. The quantitative estimate of drug-likeness (QED) is 0.852. The lowest BCUT2D eigenvalue weighted by Crippen LogP contribution is -2.22. The minimum Gasteiger partial charge on any atom is -0.378 e. The first kappa shape index (κ1) is 15.9. The number of nitrogens with one attached hydrogen (secondary N) is 1. The van der Waals surface area contributed by atoms with E-state index in [0.717, 1.165) is 5.02 Å². The molecule has 112 valence electrons. The minimum absolute atomic E-state index is 0.283. The summed E-state index contributed by atoms with van der Waals surface area (Å²) in [5.74, 6) is 0. The van der Waals surface area contributed by atoms with Crippen LogP contribution in [0.15, 0.2) is 48.5 Å². The van der Waals surface area contributed by atoms with Gasteiger partial charge in [-0.2, -0.15) is 0 Å². The van der Waals surface area contributed by atoms with Gasteiger partial charge in [-0.1, -0.05) is 35.9 Å². The molecule has 2 nitrogen and oxygen atoms in total. The second-order valence-electron chi connectivity index (χ2n) is 5.65. The molecule has 0 aromatic heterocycles. The summed E-state index contributed by atoms with van der Waals surface area (Å²) in [6.45, 7) is 4.37. The molecule has 1 unspecified atom stereocenters. The second kappa shape index (κ2) is 6.97. The summed E-state index contributed by atoms with van der Waals surface area (Å²) in [5.41, 5.74) is 3.76. The smallest absolute Gasteiger partial charge is 0.0406 e. The van der Waals surface area contributed by atoms with Crippen LogP contribution in [-0.2, 0) is 0 Å². The second-order valence-corrected chi connectivity index (χ2v) is 6.08. The Morgan fingerprint density at radius 3 is 1.67 bits per heavy atom. The zero-order valence-electron chi connectivity index (χ0n) is 13.1. The van der Waals surface area contributed by atoms with Crippen molar-refractivity contribution in [1.29, 1.82) is 0 Å². The summed E-state index contributed by atoms with van der Waals surface area (Å²) in [7, 11) is 4.11. The molecule has 0 saturated heterocycles. The van der Waals surface area contributed by atoms with Crippen molar-refractivity contribution in [2.24, 2.45) is 0 Å². The van der Waals surface area contributed by atoms with Crippen LogP contribution in [0.5, 0.6) is 0 Å². The Morgan fingerprint density at radius 1 is 0.810 bits per heavy atom. The number of benzene rings is 2. The molecule has 0 bridgehead atoms. The SMILES string of the molecule is CC(N[C@H](C)c1ccc(Cl)cc1)c1ccc(N(C)C)cc1. The van der Waals surface area contributed by atoms with E-state index in [4.69, 9.17) is 11.6 Å². The third-order valence-electron chi connectivity index (χ3n) is 3.78. The molecule has 0 saturated carbocycles. The van der Waals surface area contributed by atoms with Gasteiger partial charge >= 0.3 is 0 Å². The zero-order valence-corrected chi connectivity index (χ0v) is 13.9. The van der Waals surface area contributed by atoms with Crippen molar-refractivity contribution < 1.29 is 0 Å². The lowest BCUT2D eigenvalue weighted by atomic mass is 10.0. The van der Waals surface area contributed by atoms with Crippen LogP contribution >= 0.6 is 11.6 Å². The first-order chi connectivity index (χ1) is 9.97. The van der Waals surface area contributed by atoms with Gasteiger partial charge < -0.3 is 10.2 Å². The highest BCUT2D eigenvalue weighted by Gasteiger charge is 2.11. The maximum Gasteiger partial charge on any atom is 0.0406 e. The van der Waals surface area contributed by atoms with E-state index >= 15 is 0 Å². The predicted octanol–water partition coefficient (Wildman–Crippen LogP) is 4.82. The number of hydrogen-bond donors (Lipinski definition) is 1. The average Bonchev–Trinajstić information content (AvgIpc) is 2.47. The third-order valence-corrected chi connectivity index (χ3v) is 4.03. The van der Waals surface area contributed by atoms with E-state index in [9.17, 15) is 0 Å². The summed E-state index contributed by atoms with van der Waals surface area (Å²) in [6.07, 6.45) is 0. The van der Waals surface area contributed by atoms with E-state index in [1.807, 2.05) is 12.1 Å². The van der Waals surface area contributed by atoms with E-state index < -0.39 is 0 Å². The largest absolute Gasteiger partial charge is 0.378 e. The molecule has 0 radical (unpaired) electrons. The Kier molecular flexibility index (Phi) is 5.27.